The van der Waals surface area contributed by atoms with Crippen LogP contribution in [-0.2, 0) is 4.79 Å². The summed E-state index contributed by atoms with van der Waals surface area (Å²) in [4.78, 5) is 27.3. The van der Waals surface area contributed by atoms with Gasteiger partial charge in [0.1, 0.15) is 5.75 Å². The number of hydrogen-bond acceptors (Lipinski definition) is 4. The molecule has 2 aromatic rings. The van der Waals surface area contributed by atoms with Crippen LogP contribution in [0.15, 0.2) is 42.5 Å². The van der Waals surface area contributed by atoms with E-state index < -0.39 is 0 Å². The lowest BCUT2D eigenvalue weighted by Gasteiger charge is -2.32. The van der Waals surface area contributed by atoms with Gasteiger partial charge in [-0.2, -0.15) is 0 Å². The standard InChI is InChI=1S/C27H35N3O4/c1-18-5-14-25(34-2)24(16-18)29-27(33)28-22-12-10-20(11-13-22)19-6-8-21(9-7-19)26(32)30-15-3-4-23(30)17-31/h5,10-14,16,19,21,23,31H,3-4,6-9,15,17H2,1-2H3,(H2,28,29,33)/t19?,21?,23-/m0/s1. The highest BCUT2D eigenvalue weighted by Gasteiger charge is 2.35. The fourth-order valence-corrected chi connectivity index (χ4v) is 5.27. The van der Waals surface area contributed by atoms with Crippen molar-refractivity contribution in [1.82, 2.24) is 4.90 Å². The summed E-state index contributed by atoms with van der Waals surface area (Å²) in [6, 6.07) is 13.3. The Bertz CT molecular complexity index is 999. The summed E-state index contributed by atoms with van der Waals surface area (Å²) >= 11 is 0. The second kappa shape index (κ2) is 10.9. The number of benzene rings is 2. The lowest BCUT2D eigenvalue weighted by Crippen LogP contribution is -2.42. The average Bonchev–Trinajstić information content (AvgIpc) is 3.33. The van der Waals surface area contributed by atoms with E-state index in [1.54, 1.807) is 7.11 Å². The molecule has 34 heavy (non-hydrogen) atoms. The topological polar surface area (TPSA) is 90.9 Å². The molecule has 1 aliphatic heterocycles. The van der Waals surface area contributed by atoms with Crippen LogP contribution in [0.25, 0.3) is 0 Å². The molecule has 0 radical (unpaired) electrons. The minimum atomic E-state index is -0.321. The smallest absolute Gasteiger partial charge is 0.323 e. The molecule has 2 aliphatic rings. The van der Waals surface area contributed by atoms with E-state index in [1.165, 1.54) is 5.56 Å². The molecule has 1 aliphatic carbocycles. The fraction of sp³-hybridized carbons (Fsp3) is 0.481. The van der Waals surface area contributed by atoms with Gasteiger partial charge in [-0.3, -0.25) is 4.79 Å². The normalized spacial score (nSPS) is 22.3. The minimum Gasteiger partial charge on any atom is -0.495 e. The van der Waals surface area contributed by atoms with Crippen molar-refractivity contribution in [2.24, 2.45) is 5.92 Å². The molecule has 0 aromatic heterocycles. The maximum atomic E-state index is 12.9. The number of anilines is 2. The van der Waals surface area contributed by atoms with Gasteiger partial charge in [-0.25, -0.2) is 4.79 Å². The number of ether oxygens (including phenoxy) is 1. The number of urea groups is 1. The third kappa shape index (κ3) is 5.53. The number of carbonyl (C=O) groups excluding carboxylic acids is 2. The first kappa shape index (κ1) is 24.1. The van der Waals surface area contributed by atoms with Gasteiger partial charge < -0.3 is 25.4 Å². The van der Waals surface area contributed by atoms with Crippen molar-refractivity contribution in [2.45, 2.75) is 57.4 Å². The summed E-state index contributed by atoms with van der Waals surface area (Å²) in [5, 5.41) is 15.3. The molecule has 1 saturated carbocycles. The zero-order valence-corrected chi connectivity index (χ0v) is 20.0. The highest BCUT2D eigenvalue weighted by molar-refractivity contribution is 6.00. The number of aliphatic hydroxyl groups excluding tert-OH is 1. The molecule has 2 fully saturated rings. The molecule has 4 rings (SSSR count). The Morgan fingerprint density at radius 1 is 1.03 bits per heavy atom. The van der Waals surface area contributed by atoms with Crippen LogP contribution in [0, 0.1) is 12.8 Å². The van der Waals surface area contributed by atoms with Gasteiger partial charge in [0, 0.05) is 18.2 Å². The van der Waals surface area contributed by atoms with Crippen LogP contribution in [0.5, 0.6) is 5.75 Å². The molecule has 1 saturated heterocycles. The van der Waals surface area contributed by atoms with Crippen molar-refractivity contribution in [3.8, 4) is 5.75 Å². The van der Waals surface area contributed by atoms with Crippen LogP contribution < -0.4 is 15.4 Å². The summed E-state index contributed by atoms with van der Waals surface area (Å²) in [5.41, 5.74) is 3.63. The Morgan fingerprint density at radius 3 is 2.44 bits per heavy atom. The monoisotopic (exact) mass is 465 g/mol. The minimum absolute atomic E-state index is 0.00877. The molecule has 1 heterocycles. The third-order valence-corrected chi connectivity index (χ3v) is 7.19. The Morgan fingerprint density at radius 2 is 1.76 bits per heavy atom. The number of aryl methyl sites for hydroxylation is 1. The van der Waals surface area contributed by atoms with Crippen LogP contribution in [0.1, 0.15) is 55.6 Å². The molecule has 0 unspecified atom stereocenters. The molecule has 7 nitrogen and oxygen atoms in total. The van der Waals surface area contributed by atoms with Crippen molar-refractivity contribution in [3.63, 3.8) is 0 Å². The van der Waals surface area contributed by atoms with E-state index in [2.05, 4.69) is 22.8 Å². The lowest BCUT2D eigenvalue weighted by atomic mass is 9.78. The Hall–Kier alpha value is -3.06. The lowest BCUT2D eigenvalue weighted by molar-refractivity contribution is -0.138. The number of nitrogens with one attached hydrogen (secondary N) is 2. The summed E-state index contributed by atoms with van der Waals surface area (Å²) in [5.74, 6) is 1.34. The molecule has 182 valence electrons. The average molecular weight is 466 g/mol. The second-order valence-electron chi connectivity index (χ2n) is 9.46. The molecule has 0 bridgehead atoms. The van der Waals surface area contributed by atoms with Gasteiger partial charge >= 0.3 is 6.03 Å². The summed E-state index contributed by atoms with van der Waals surface area (Å²) in [6.45, 7) is 2.81. The largest absolute Gasteiger partial charge is 0.495 e. The molecule has 3 N–H and O–H groups in total. The first-order chi connectivity index (χ1) is 16.5. The molecular weight excluding hydrogens is 430 g/mol. The van der Waals surface area contributed by atoms with Gasteiger partial charge in [0.05, 0.1) is 25.4 Å². The van der Waals surface area contributed by atoms with E-state index in [4.69, 9.17) is 4.74 Å². The number of amides is 3. The molecule has 3 amide bonds. The molecule has 2 aromatic carbocycles. The quantitative estimate of drug-likeness (QED) is 0.566. The SMILES string of the molecule is COc1ccc(C)cc1NC(=O)Nc1ccc(C2CCC(C(=O)N3CCC[C@H]3CO)CC2)cc1. The van der Waals surface area contributed by atoms with E-state index >= 15 is 0 Å². The van der Waals surface area contributed by atoms with E-state index in [0.717, 1.165) is 56.3 Å². The maximum Gasteiger partial charge on any atom is 0.323 e. The van der Waals surface area contributed by atoms with E-state index in [0.29, 0.717) is 17.4 Å². The highest BCUT2D eigenvalue weighted by Crippen LogP contribution is 2.37. The molecule has 7 heteroatoms. The first-order valence-corrected chi connectivity index (χ1v) is 12.2. The van der Waals surface area contributed by atoms with Crippen LogP contribution in [0.4, 0.5) is 16.2 Å². The molecule has 0 spiro atoms. The van der Waals surface area contributed by atoms with E-state index in [-0.39, 0.29) is 30.5 Å². The van der Waals surface area contributed by atoms with E-state index in [9.17, 15) is 14.7 Å². The maximum absolute atomic E-state index is 12.9. The van der Waals surface area contributed by atoms with Gasteiger partial charge in [0.2, 0.25) is 5.91 Å². The van der Waals surface area contributed by atoms with Crippen LogP contribution >= 0.6 is 0 Å². The Labute approximate surface area is 201 Å². The van der Waals surface area contributed by atoms with Gasteiger partial charge in [-0.1, -0.05) is 18.2 Å². The van der Waals surface area contributed by atoms with E-state index in [1.807, 2.05) is 42.2 Å². The van der Waals surface area contributed by atoms with Gasteiger partial charge in [-0.05, 0) is 86.8 Å². The number of aliphatic hydroxyl groups is 1. The number of methoxy groups -OCH3 is 1. The van der Waals surface area contributed by atoms with Crippen LogP contribution in [0.2, 0.25) is 0 Å². The Kier molecular flexibility index (Phi) is 7.73. The number of hydrogen-bond donors (Lipinski definition) is 3. The van der Waals surface area contributed by atoms with Crippen molar-refractivity contribution in [2.75, 3.05) is 30.9 Å². The third-order valence-electron chi connectivity index (χ3n) is 7.19. The summed E-state index contributed by atoms with van der Waals surface area (Å²) in [7, 11) is 1.58. The zero-order chi connectivity index (χ0) is 24.1. The van der Waals surface area contributed by atoms with Crippen molar-refractivity contribution in [1.29, 1.82) is 0 Å². The molecular formula is C27H35N3O4. The number of carbonyl (C=O) groups is 2. The van der Waals surface area contributed by atoms with Crippen LogP contribution in [-0.4, -0.2) is 48.2 Å². The van der Waals surface area contributed by atoms with Gasteiger partial charge in [0.15, 0.2) is 0 Å². The predicted octanol–water partition coefficient (Wildman–Crippen LogP) is 4.90. The van der Waals surface area contributed by atoms with Crippen molar-refractivity contribution < 1.29 is 19.4 Å². The number of nitrogens with zero attached hydrogens (tertiary/aromatic N) is 1. The van der Waals surface area contributed by atoms with Gasteiger partial charge in [-0.15, -0.1) is 0 Å². The second-order valence-corrected chi connectivity index (χ2v) is 9.46. The van der Waals surface area contributed by atoms with Crippen molar-refractivity contribution >= 4 is 23.3 Å². The summed E-state index contributed by atoms with van der Waals surface area (Å²) in [6.07, 6.45) is 5.64. The Balaban J connectivity index is 1.29. The van der Waals surface area contributed by atoms with Crippen LogP contribution in [0.3, 0.4) is 0 Å². The summed E-state index contributed by atoms with van der Waals surface area (Å²) < 4.78 is 5.32. The number of likely N-dealkylation sites (tertiary alicyclic amines) is 1. The van der Waals surface area contributed by atoms with Crippen molar-refractivity contribution in [3.05, 3.63) is 53.6 Å². The first-order valence-electron chi connectivity index (χ1n) is 12.2. The predicted molar refractivity (Wildman–Crippen MR) is 133 cm³/mol. The number of rotatable bonds is 6. The zero-order valence-electron chi connectivity index (χ0n) is 20.0. The fourth-order valence-electron chi connectivity index (χ4n) is 5.27. The van der Waals surface area contributed by atoms with Gasteiger partial charge in [0.25, 0.3) is 0 Å². The molecule has 1 atom stereocenters. The highest BCUT2D eigenvalue weighted by atomic mass is 16.5.